The number of carbonyl (C=O) groups is 1. The fourth-order valence-corrected chi connectivity index (χ4v) is 7.67. The minimum Gasteiger partial charge on any atom is -0.372 e. The Morgan fingerprint density at radius 1 is 0.918 bits per heavy atom. The predicted molar refractivity (Wildman–Crippen MR) is 235 cm³/mol. The van der Waals surface area contributed by atoms with Crippen LogP contribution in [0.15, 0.2) is 99.6 Å². The van der Waals surface area contributed by atoms with Crippen LogP contribution >= 0.6 is 0 Å². The average Bonchev–Trinajstić information content (AvgIpc) is 3.94. The summed E-state index contributed by atoms with van der Waals surface area (Å²) in [7, 11) is 0. The van der Waals surface area contributed by atoms with Crippen molar-refractivity contribution in [3.8, 4) is 28.2 Å². The van der Waals surface area contributed by atoms with E-state index in [1.54, 1.807) is 6.33 Å². The van der Waals surface area contributed by atoms with Crippen LogP contribution < -0.4 is 32.1 Å². The number of H-pyrrole nitrogens is 2. The van der Waals surface area contributed by atoms with Crippen LogP contribution in [-0.4, -0.2) is 78.3 Å². The van der Waals surface area contributed by atoms with Gasteiger partial charge in [-0.1, -0.05) is 38.1 Å². The molecular formula is C45H50N12O4. The normalized spacial score (nSPS) is 14.0. The number of hydrogen-bond acceptors (Lipinski definition) is 12. The zero-order valence-electron chi connectivity index (χ0n) is 35.0. The van der Waals surface area contributed by atoms with Crippen LogP contribution in [0.1, 0.15) is 74.2 Å². The number of benzene rings is 2. The summed E-state index contributed by atoms with van der Waals surface area (Å²) in [5.74, 6) is 1.42. The molecule has 0 saturated carbocycles. The number of amides is 1. The Balaban J connectivity index is 0.803. The third-order valence-electron chi connectivity index (χ3n) is 11.1. The van der Waals surface area contributed by atoms with Gasteiger partial charge in [-0.25, -0.2) is 19.7 Å². The van der Waals surface area contributed by atoms with E-state index in [1.165, 1.54) is 16.8 Å². The summed E-state index contributed by atoms with van der Waals surface area (Å²) in [6, 6.07) is 21.1. The van der Waals surface area contributed by atoms with Crippen molar-refractivity contribution in [1.82, 2.24) is 50.3 Å². The smallest absolute Gasteiger partial charge is 0.332 e. The van der Waals surface area contributed by atoms with Crippen LogP contribution in [0.5, 0.6) is 0 Å². The molecule has 16 heteroatoms. The van der Waals surface area contributed by atoms with Gasteiger partial charge >= 0.3 is 17.5 Å². The van der Waals surface area contributed by atoms with E-state index in [0.29, 0.717) is 17.4 Å². The van der Waals surface area contributed by atoms with Gasteiger partial charge in [0.2, 0.25) is 0 Å². The number of nitrogens with zero attached hydrogens (tertiary/aromatic N) is 7. The molecule has 1 aliphatic rings. The first-order valence-electron chi connectivity index (χ1n) is 20.6. The summed E-state index contributed by atoms with van der Waals surface area (Å²) in [5.41, 5.74) is 6.93. The van der Waals surface area contributed by atoms with Gasteiger partial charge in [-0.2, -0.15) is 4.98 Å². The topological polar surface area (TPSA) is 205 Å². The van der Waals surface area contributed by atoms with Crippen LogP contribution in [0.4, 0.5) is 11.5 Å². The average molecular weight is 823 g/mol. The number of anilines is 2. The van der Waals surface area contributed by atoms with E-state index in [0.717, 1.165) is 102 Å². The number of nitrogens with one attached hydrogen (secondary N) is 5. The Hall–Kier alpha value is -6.94. The first kappa shape index (κ1) is 40.8. The van der Waals surface area contributed by atoms with Gasteiger partial charge in [-0.15, -0.1) is 0 Å². The van der Waals surface area contributed by atoms with Gasteiger partial charge in [0, 0.05) is 77.9 Å². The first-order valence-corrected chi connectivity index (χ1v) is 20.6. The maximum Gasteiger partial charge on any atom is 0.332 e. The molecule has 0 aliphatic carbocycles. The number of rotatable bonds is 13. The molecule has 0 unspecified atom stereocenters. The highest BCUT2D eigenvalue weighted by molar-refractivity contribution is 5.94. The number of carbonyl (C=O) groups excluding carboxylic acids is 1. The zero-order valence-corrected chi connectivity index (χ0v) is 35.0. The van der Waals surface area contributed by atoms with Crippen molar-refractivity contribution in [2.24, 2.45) is 5.92 Å². The van der Waals surface area contributed by atoms with E-state index in [2.05, 4.69) is 68.0 Å². The summed E-state index contributed by atoms with van der Waals surface area (Å²) in [5, 5.41) is 14.9. The lowest BCUT2D eigenvalue weighted by Crippen LogP contribution is -2.38. The van der Waals surface area contributed by atoms with E-state index in [1.807, 2.05) is 89.3 Å². The first-order chi connectivity index (χ1) is 29.4. The van der Waals surface area contributed by atoms with Crippen LogP contribution in [-0.2, 0) is 5.41 Å². The number of aryl methyl sites for hydroxylation is 1. The molecule has 0 spiro atoms. The third kappa shape index (κ3) is 9.29. The number of hydrogen-bond donors (Lipinski definition) is 5. The molecule has 1 fully saturated rings. The van der Waals surface area contributed by atoms with Gasteiger partial charge in [0.1, 0.15) is 17.8 Å². The molecule has 1 amide bonds. The lowest BCUT2D eigenvalue weighted by Gasteiger charge is -2.34. The maximum atomic E-state index is 12.9. The summed E-state index contributed by atoms with van der Waals surface area (Å²) >= 11 is 0. The molecule has 8 rings (SSSR count). The number of fused-ring (bicyclic) bond motifs is 1. The van der Waals surface area contributed by atoms with Crippen molar-refractivity contribution in [2.75, 3.05) is 42.9 Å². The highest BCUT2D eigenvalue weighted by Gasteiger charge is 2.25. The second kappa shape index (κ2) is 17.3. The van der Waals surface area contributed by atoms with Crippen LogP contribution in [0, 0.1) is 12.8 Å². The number of pyridine rings is 1. The Bertz CT molecular complexity index is 2760. The van der Waals surface area contributed by atoms with Gasteiger partial charge in [0.05, 0.1) is 17.4 Å². The largest absolute Gasteiger partial charge is 0.372 e. The molecular weight excluding hydrogens is 773 g/mol. The fraction of sp³-hybridized carbons (Fsp3) is 0.333. The molecule has 1 aliphatic heterocycles. The van der Waals surface area contributed by atoms with Gasteiger partial charge in [0.25, 0.3) is 5.56 Å². The minimum absolute atomic E-state index is 0.0548. The molecule has 6 heterocycles. The predicted octanol–water partition coefficient (Wildman–Crippen LogP) is 5.92. The van der Waals surface area contributed by atoms with Gasteiger partial charge < -0.3 is 30.4 Å². The number of aromatic nitrogens is 8. The Kier molecular flexibility index (Phi) is 11.6. The summed E-state index contributed by atoms with van der Waals surface area (Å²) in [6.45, 7) is 14.3. The van der Waals surface area contributed by atoms with Crippen LogP contribution in [0.25, 0.3) is 39.2 Å². The molecule has 314 valence electrons. The van der Waals surface area contributed by atoms with Crippen molar-refractivity contribution < 1.29 is 9.32 Å². The van der Waals surface area contributed by atoms with Crippen molar-refractivity contribution >= 4 is 28.4 Å². The minimum atomic E-state index is -0.447. The second-order valence-corrected chi connectivity index (χ2v) is 16.6. The summed E-state index contributed by atoms with van der Waals surface area (Å²) in [6.07, 6.45) is 7.11. The molecule has 0 radical (unpaired) electrons. The zero-order chi connectivity index (χ0) is 42.7. The number of aromatic amines is 2. The molecule has 16 nitrogen and oxygen atoms in total. The van der Waals surface area contributed by atoms with Crippen LogP contribution in [0.3, 0.4) is 0 Å². The maximum absolute atomic E-state index is 12.9. The third-order valence-corrected chi connectivity index (χ3v) is 11.1. The van der Waals surface area contributed by atoms with Gasteiger partial charge in [-0.05, 0) is 98.8 Å². The quantitative estimate of drug-likeness (QED) is 0.0860. The Morgan fingerprint density at radius 2 is 1.69 bits per heavy atom. The van der Waals surface area contributed by atoms with Crippen LogP contribution in [0.2, 0.25) is 0 Å². The van der Waals surface area contributed by atoms with E-state index in [-0.39, 0.29) is 17.3 Å². The Labute approximate surface area is 352 Å². The highest BCUT2D eigenvalue weighted by Crippen LogP contribution is 2.32. The SMILES string of the molecule is Cc1cc(-c2ncnc3[nH]c(-c4ccc(NCCNCC5CCN(c6ccc(-n7ccc(=O)[nH]c7=O)cc6)CC5)nc4)cc23)ccc1[C@@H](C)NC(=O)c1nc(C(C)(C)C)no1. The lowest BCUT2D eigenvalue weighted by atomic mass is 9.96. The molecule has 61 heavy (non-hydrogen) atoms. The van der Waals surface area contributed by atoms with Gasteiger partial charge in [-0.3, -0.25) is 19.1 Å². The van der Waals surface area contributed by atoms with Gasteiger partial charge in [0.15, 0.2) is 5.82 Å². The molecule has 2 aromatic carbocycles. The molecule has 5 N–H and O–H groups in total. The van der Waals surface area contributed by atoms with Crippen molar-refractivity contribution in [2.45, 2.75) is 58.9 Å². The molecule has 1 atom stereocenters. The standard InChI is InChI=1S/C45H50N12O4/c1-27-22-30(6-12-34(27)28(2)51-41(59)42-54-43(55-61-42)45(3,4)5)39-35-23-36(52-40(35)50-26-49-39)31-7-13-37(48-25-31)47-18-17-46-24-29-14-19-56(20-15-29)32-8-10-33(11-9-32)57-21-16-38(58)53-44(57)60/h6-13,16,21-23,25-26,28-29,46H,14-15,17-20,24H2,1-5H3,(H,47,48)(H,51,59)(H,49,50,52)(H,53,58,60)/t28-/m1/s1. The summed E-state index contributed by atoms with van der Waals surface area (Å²) in [4.78, 5) is 62.7. The molecule has 1 saturated heterocycles. The lowest BCUT2D eigenvalue weighted by molar-refractivity contribution is 0.0895. The van der Waals surface area contributed by atoms with E-state index < -0.39 is 17.2 Å². The highest BCUT2D eigenvalue weighted by atomic mass is 16.5. The van der Waals surface area contributed by atoms with E-state index in [4.69, 9.17) is 4.52 Å². The monoisotopic (exact) mass is 822 g/mol. The summed E-state index contributed by atoms with van der Waals surface area (Å²) < 4.78 is 6.66. The van der Waals surface area contributed by atoms with E-state index >= 15 is 0 Å². The van der Waals surface area contributed by atoms with Crippen molar-refractivity contribution in [3.63, 3.8) is 0 Å². The Morgan fingerprint density at radius 3 is 2.39 bits per heavy atom. The fourth-order valence-electron chi connectivity index (χ4n) is 7.67. The molecule has 5 aromatic heterocycles. The van der Waals surface area contributed by atoms with E-state index in [9.17, 15) is 14.4 Å². The number of piperidine rings is 1. The second-order valence-electron chi connectivity index (χ2n) is 16.6. The van der Waals surface area contributed by atoms with Crippen molar-refractivity contribution in [3.05, 3.63) is 129 Å². The van der Waals surface area contributed by atoms with Crippen molar-refractivity contribution in [1.29, 1.82) is 0 Å². The molecule has 0 bridgehead atoms. The molecule has 7 aromatic rings.